The number of hydrogen-bond donors (Lipinski definition) is 1. The van der Waals surface area contributed by atoms with Crippen LogP contribution in [-0.4, -0.2) is 41.4 Å². The SMILES string of the molecule is CN(C)C(CNC(=O)Cc1csc(-c2ccccn2)n1)c1cccc(F)c1. The van der Waals surface area contributed by atoms with Crippen molar-refractivity contribution < 1.29 is 9.18 Å². The van der Waals surface area contributed by atoms with Crippen LogP contribution in [0.3, 0.4) is 0 Å². The van der Waals surface area contributed by atoms with Gasteiger partial charge >= 0.3 is 0 Å². The molecule has 5 nitrogen and oxygen atoms in total. The van der Waals surface area contributed by atoms with E-state index in [-0.39, 0.29) is 24.2 Å². The number of nitrogens with one attached hydrogen (secondary N) is 1. The van der Waals surface area contributed by atoms with Crippen LogP contribution in [0.25, 0.3) is 10.7 Å². The zero-order valence-corrected chi connectivity index (χ0v) is 16.0. The monoisotopic (exact) mass is 384 g/mol. The first-order chi connectivity index (χ1) is 13.0. The Bertz CT molecular complexity index is 898. The number of amides is 1. The van der Waals surface area contributed by atoms with Gasteiger partial charge in [0, 0.05) is 18.1 Å². The highest BCUT2D eigenvalue weighted by molar-refractivity contribution is 7.13. The Morgan fingerprint density at radius 2 is 2.11 bits per heavy atom. The van der Waals surface area contributed by atoms with Crippen LogP contribution in [0.2, 0.25) is 0 Å². The molecule has 0 bridgehead atoms. The van der Waals surface area contributed by atoms with Crippen molar-refractivity contribution in [1.82, 2.24) is 20.2 Å². The van der Waals surface area contributed by atoms with E-state index in [4.69, 9.17) is 0 Å². The summed E-state index contributed by atoms with van der Waals surface area (Å²) in [6.45, 7) is 0.395. The quantitative estimate of drug-likeness (QED) is 0.679. The molecule has 140 valence electrons. The van der Waals surface area contributed by atoms with Gasteiger partial charge in [-0.2, -0.15) is 0 Å². The van der Waals surface area contributed by atoms with E-state index in [1.54, 1.807) is 12.3 Å². The molecule has 0 saturated heterocycles. The number of halogens is 1. The first-order valence-corrected chi connectivity index (χ1v) is 9.45. The second-order valence-electron chi connectivity index (χ2n) is 6.37. The summed E-state index contributed by atoms with van der Waals surface area (Å²) in [6, 6.07) is 12.0. The molecule has 0 radical (unpaired) electrons. The topological polar surface area (TPSA) is 58.1 Å². The van der Waals surface area contributed by atoms with Crippen LogP contribution >= 0.6 is 11.3 Å². The third kappa shape index (κ3) is 5.18. The van der Waals surface area contributed by atoms with E-state index < -0.39 is 0 Å². The average Bonchev–Trinajstić information content (AvgIpc) is 3.11. The largest absolute Gasteiger partial charge is 0.354 e. The Labute approximate surface area is 161 Å². The van der Waals surface area contributed by atoms with Gasteiger partial charge in [-0.05, 0) is 43.9 Å². The standard InChI is InChI=1S/C20H21FN4OS/c1-25(2)18(14-6-5-7-15(21)10-14)12-23-19(26)11-16-13-27-20(24-16)17-8-3-4-9-22-17/h3-10,13,18H,11-12H2,1-2H3,(H,23,26). The highest BCUT2D eigenvalue weighted by Crippen LogP contribution is 2.22. The predicted molar refractivity (Wildman–Crippen MR) is 105 cm³/mol. The van der Waals surface area contributed by atoms with Crippen molar-refractivity contribution in [3.05, 3.63) is 71.1 Å². The van der Waals surface area contributed by atoms with E-state index in [0.29, 0.717) is 12.2 Å². The number of carbonyl (C=O) groups is 1. The highest BCUT2D eigenvalue weighted by atomic mass is 32.1. The van der Waals surface area contributed by atoms with Crippen LogP contribution in [-0.2, 0) is 11.2 Å². The smallest absolute Gasteiger partial charge is 0.226 e. The van der Waals surface area contributed by atoms with Gasteiger partial charge in [-0.15, -0.1) is 11.3 Å². The summed E-state index contributed by atoms with van der Waals surface area (Å²) in [4.78, 5) is 23.0. The van der Waals surface area contributed by atoms with E-state index in [9.17, 15) is 9.18 Å². The maximum absolute atomic E-state index is 13.5. The fraction of sp³-hybridized carbons (Fsp3) is 0.250. The van der Waals surface area contributed by atoms with Gasteiger partial charge in [0.2, 0.25) is 5.91 Å². The molecule has 0 aliphatic heterocycles. The maximum Gasteiger partial charge on any atom is 0.226 e. The number of likely N-dealkylation sites (N-methyl/N-ethyl adjacent to an activating group) is 1. The number of nitrogens with zero attached hydrogens (tertiary/aromatic N) is 3. The molecule has 0 aliphatic rings. The van der Waals surface area contributed by atoms with Gasteiger partial charge in [0.05, 0.1) is 23.9 Å². The summed E-state index contributed by atoms with van der Waals surface area (Å²) in [7, 11) is 3.81. The molecule has 1 aromatic carbocycles. The molecule has 0 fully saturated rings. The molecule has 1 atom stereocenters. The van der Waals surface area contributed by atoms with Crippen LogP contribution < -0.4 is 5.32 Å². The van der Waals surface area contributed by atoms with Crippen molar-refractivity contribution in [2.45, 2.75) is 12.5 Å². The molecule has 27 heavy (non-hydrogen) atoms. The highest BCUT2D eigenvalue weighted by Gasteiger charge is 2.17. The van der Waals surface area contributed by atoms with Crippen molar-refractivity contribution in [3.63, 3.8) is 0 Å². The van der Waals surface area contributed by atoms with Crippen LogP contribution in [0.1, 0.15) is 17.3 Å². The molecule has 7 heteroatoms. The summed E-state index contributed by atoms with van der Waals surface area (Å²) < 4.78 is 13.5. The molecule has 0 aliphatic carbocycles. The first kappa shape index (κ1) is 19.1. The van der Waals surface area contributed by atoms with E-state index >= 15 is 0 Å². The minimum Gasteiger partial charge on any atom is -0.354 e. The summed E-state index contributed by atoms with van der Waals surface area (Å²) in [5.41, 5.74) is 2.34. The van der Waals surface area contributed by atoms with Crippen LogP contribution in [0, 0.1) is 5.82 Å². The Morgan fingerprint density at radius 1 is 1.26 bits per heavy atom. The number of aromatic nitrogens is 2. The Hall–Kier alpha value is -2.64. The number of benzene rings is 1. The summed E-state index contributed by atoms with van der Waals surface area (Å²) >= 11 is 1.47. The molecule has 0 spiro atoms. The van der Waals surface area contributed by atoms with E-state index in [2.05, 4.69) is 15.3 Å². The summed E-state index contributed by atoms with van der Waals surface area (Å²) in [6.07, 6.45) is 1.92. The zero-order chi connectivity index (χ0) is 19.2. The molecule has 1 unspecified atom stereocenters. The van der Waals surface area contributed by atoms with Crippen molar-refractivity contribution in [1.29, 1.82) is 0 Å². The summed E-state index contributed by atoms with van der Waals surface area (Å²) in [5, 5.41) is 5.60. The average molecular weight is 384 g/mol. The number of carbonyl (C=O) groups excluding carboxylic acids is 1. The summed E-state index contributed by atoms with van der Waals surface area (Å²) in [5.74, 6) is -0.397. The van der Waals surface area contributed by atoms with Crippen LogP contribution in [0.4, 0.5) is 4.39 Å². The van der Waals surface area contributed by atoms with Crippen molar-refractivity contribution in [2.75, 3.05) is 20.6 Å². The minimum absolute atomic E-state index is 0.107. The lowest BCUT2D eigenvalue weighted by Crippen LogP contribution is -2.35. The van der Waals surface area contributed by atoms with Gasteiger partial charge in [0.25, 0.3) is 0 Å². The van der Waals surface area contributed by atoms with Gasteiger partial charge in [-0.25, -0.2) is 9.37 Å². The van der Waals surface area contributed by atoms with Crippen molar-refractivity contribution in [2.24, 2.45) is 0 Å². The van der Waals surface area contributed by atoms with E-state index in [1.807, 2.05) is 48.6 Å². The fourth-order valence-electron chi connectivity index (χ4n) is 2.75. The molecule has 3 aromatic rings. The maximum atomic E-state index is 13.5. The molecule has 3 rings (SSSR count). The normalized spacial score (nSPS) is 12.1. The molecule has 2 aromatic heterocycles. The van der Waals surface area contributed by atoms with Crippen LogP contribution in [0.5, 0.6) is 0 Å². The van der Waals surface area contributed by atoms with Gasteiger partial charge in [-0.1, -0.05) is 18.2 Å². The van der Waals surface area contributed by atoms with Gasteiger partial charge in [0.15, 0.2) is 0 Å². The lowest BCUT2D eigenvalue weighted by atomic mass is 10.1. The Morgan fingerprint density at radius 3 is 2.81 bits per heavy atom. The van der Waals surface area contributed by atoms with E-state index in [1.165, 1.54) is 23.5 Å². The van der Waals surface area contributed by atoms with E-state index in [0.717, 1.165) is 16.3 Å². The third-order valence-corrected chi connectivity index (χ3v) is 5.04. The number of thiazole rings is 1. The van der Waals surface area contributed by atoms with Crippen molar-refractivity contribution in [3.8, 4) is 10.7 Å². The Balaban J connectivity index is 1.59. The zero-order valence-electron chi connectivity index (χ0n) is 15.2. The molecule has 1 amide bonds. The van der Waals surface area contributed by atoms with Crippen LogP contribution in [0.15, 0.2) is 54.0 Å². The van der Waals surface area contributed by atoms with Gasteiger partial charge in [0.1, 0.15) is 10.8 Å². The molecule has 0 saturated carbocycles. The number of hydrogen-bond acceptors (Lipinski definition) is 5. The lowest BCUT2D eigenvalue weighted by Gasteiger charge is -2.25. The predicted octanol–water partition coefficient (Wildman–Crippen LogP) is 3.31. The number of pyridine rings is 1. The first-order valence-electron chi connectivity index (χ1n) is 8.57. The van der Waals surface area contributed by atoms with Gasteiger partial charge in [-0.3, -0.25) is 9.78 Å². The third-order valence-electron chi connectivity index (χ3n) is 4.13. The molecule has 2 heterocycles. The Kier molecular flexibility index (Phi) is 6.26. The van der Waals surface area contributed by atoms with Gasteiger partial charge < -0.3 is 10.2 Å². The minimum atomic E-state index is -0.282. The fourth-order valence-corrected chi connectivity index (χ4v) is 3.54. The lowest BCUT2D eigenvalue weighted by molar-refractivity contribution is -0.120. The second-order valence-corrected chi connectivity index (χ2v) is 7.23. The number of rotatable bonds is 7. The van der Waals surface area contributed by atoms with Crippen molar-refractivity contribution >= 4 is 17.2 Å². The molecular formula is C20H21FN4OS. The second kappa shape index (κ2) is 8.83. The molecule has 1 N–H and O–H groups in total. The molecular weight excluding hydrogens is 363 g/mol.